The molecule has 2 aromatic carbocycles. The Labute approximate surface area is 156 Å². The van der Waals surface area contributed by atoms with E-state index in [1.54, 1.807) is 12.1 Å². The number of hydrogen-bond acceptors (Lipinski definition) is 4. The SMILES string of the molecule is COc1cc(Cl)c(NC(=O)[C@H]2Cc3ccccc3N2C(C)=O)c(OC)c1. The molecular formula is C19H19ClN2O4. The first-order valence-corrected chi connectivity index (χ1v) is 8.44. The fourth-order valence-corrected chi connectivity index (χ4v) is 3.40. The average molecular weight is 375 g/mol. The second kappa shape index (κ2) is 7.25. The maximum absolute atomic E-state index is 12.9. The molecule has 2 aromatic rings. The van der Waals surface area contributed by atoms with Gasteiger partial charge in [-0.3, -0.25) is 14.5 Å². The van der Waals surface area contributed by atoms with Crippen LogP contribution < -0.4 is 19.7 Å². The normalized spacial score (nSPS) is 15.4. The number of fused-ring (bicyclic) bond motifs is 1. The molecule has 0 fully saturated rings. The number of carbonyl (C=O) groups is 2. The van der Waals surface area contributed by atoms with Gasteiger partial charge in [-0.05, 0) is 11.6 Å². The van der Waals surface area contributed by atoms with E-state index in [1.807, 2.05) is 24.3 Å². The Morgan fingerprint density at radius 2 is 1.92 bits per heavy atom. The third-order valence-corrected chi connectivity index (χ3v) is 4.65. The number of ether oxygens (including phenoxy) is 2. The van der Waals surface area contributed by atoms with Crippen LogP contribution in [0.25, 0.3) is 0 Å². The molecule has 7 heteroatoms. The van der Waals surface area contributed by atoms with Gasteiger partial charge < -0.3 is 14.8 Å². The second-order valence-corrected chi connectivity index (χ2v) is 6.32. The lowest BCUT2D eigenvalue weighted by atomic mass is 10.1. The van der Waals surface area contributed by atoms with Crippen molar-refractivity contribution in [2.45, 2.75) is 19.4 Å². The minimum Gasteiger partial charge on any atom is -0.497 e. The molecule has 0 bridgehead atoms. The van der Waals surface area contributed by atoms with E-state index in [1.165, 1.54) is 26.0 Å². The standard InChI is InChI=1S/C19H19ClN2O4/c1-11(23)22-15-7-5-4-6-12(15)8-16(22)19(24)21-18-14(20)9-13(25-2)10-17(18)26-3/h4-7,9-10,16H,8H2,1-3H3,(H,21,24)/t16-/m1/s1. The Morgan fingerprint density at radius 3 is 2.58 bits per heavy atom. The number of para-hydroxylation sites is 1. The molecule has 136 valence electrons. The third-order valence-electron chi connectivity index (χ3n) is 4.35. The van der Waals surface area contributed by atoms with Gasteiger partial charge in [0.25, 0.3) is 0 Å². The summed E-state index contributed by atoms with van der Waals surface area (Å²) in [6, 6.07) is 10.1. The molecule has 1 aliphatic rings. The fraction of sp³-hybridized carbons (Fsp3) is 0.263. The van der Waals surface area contributed by atoms with Crippen molar-refractivity contribution in [3.8, 4) is 11.5 Å². The quantitative estimate of drug-likeness (QED) is 0.891. The van der Waals surface area contributed by atoms with Crippen LogP contribution in [-0.2, 0) is 16.0 Å². The molecule has 1 atom stereocenters. The third kappa shape index (κ3) is 3.20. The highest BCUT2D eigenvalue weighted by Gasteiger charge is 2.37. The van der Waals surface area contributed by atoms with E-state index in [0.717, 1.165) is 11.3 Å². The van der Waals surface area contributed by atoms with Crippen molar-refractivity contribution in [3.05, 3.63) is 47.0 Å². The first-order valence-electron chi connectivity index (χ1n) is 8.06. The minimum absolute atomic E-state index is 0.192. The van der Waals surface area contributed by atoms with Crippen LogP contribution in [0.15, 0.2) is 36.4 Å². The highest BCUT2D eigenvalue weighted by molar-refractivity contribution is 6.34. The Balaban J connectivity index is 1.91. The largest absolute Gasteiger partial charge is 0.497 e. The van der Waals surface area contributed by atoms with Gasteiger partial charge in [0.2, 0.25) is 11.8 Å². The smallest absolute Gasteiger partial charge is 0.248 e. The Morgan fingerprint density at radius 1 is 1.19 bits per heavy atom. The highest BCUT2D eigenvalue weighted by atomic mass is 35.5. The number of anilines is 2. The summed E-state index contributed by atoms with van der Waals surface area (Å²) in [6.07, 6.45) is 0.442. The van der Waals surface area contributed by atoms with E-state index in [-0.39, 0.29) is 11.8 Å². The van der Waals surface area contributed by atoms with E-state index >= 15 is 0 Å². The van der Waals surface area contributed by atoms with Gasteiger partial charge in [0.15, 0.2) is 0 Å². The van der Waals surface area contributed by atoms with Crippen LogP contribution in [-0.4, -0.2) is 32.1 Å². The summed E-state index contributed by atoms with van der Waals surface area (Å²) in [6.45, 7) is 1.45. The number of methoxy groups -OCH3 is 2. The van der Waals surface area contributed by atoms with Gasteiger partial charge in [0, 0.05) is 31.2 Å². The van der Waals surface area contributed by atoms with Gasteiger partial charge in [0.1, 0.15) is 23.2 Å². The van der Waals surface area contributed by atoms with Gasteiger partial charge in [0.05, 0.1) is 19.2 Å². The van der Waals surface area contributed by atoms with E-state index in [0.29, 0.717) is 28.6 Å². The maximum Gasteiger partial charge on any atom is 0.248 e. The number of nitrogens with zero attached hydrogens (tertiary/aromatic N) is 1. The zero-order chi connectivity index (χ0) is 18.8. The summed E-state index contributed by atoms with van der Waals surface area (Å²) >= 11 is 6.28. The van der Waals surface area contributed by atoms with Crippen LogP contribution in [0, 0.1) is 0 Å². The molecule has 1 aliphatic heterocycles. The molecule has 26 heavy (non-hydrogen) atoms. The lowest BCUT2D eigenvalue weighted by molar-refractivity contribution is -0.122. The van der Waals surface area contributed by atoms with E-state index < -0.39 is 6.04 Å². The topological polar surface area (TPSA) is 67.9 Å². The number of benzene rings is 2. The minimum atomic E-state index is -0.646. The number of amides is 2. The first-order chi connectivity index (χ1) is 12.5. The zero-order valence-electron chi connectivity index (χ0n) is 14.7. The van der Waals surface area contributed by atoms with Crippen LogP contribution >= 0.6 is 11.6 Å². The average Bonchev–Trinajstić information content (AvgIpc) is 3.02. The van der Waals surface area contributed by atoms with Crippen molar-refractivity contribution in [1.29, 1.82) is 0 Å². The summed E-state index contributed by atoms with van der Waals surface area (Å²) in [4.78, 5) is 26.6. The second-order valence-electron chi connectivity index (χ2n) is 5.91. The van der Waals surface area contributed by atoms with Crippen molar-refractivity contribution < 1.29 is 19.1 Å². The Kier molecular flexibility index (Phi) is 5.04. The van der Waals surface area contributed by atoms with Crippen molar-refractivity contribution in [1.82, 2.24) is 0 Å². The molecule has 2 amide bonds. The van der Waals surface area contributed by atoms with Crippen LogP contribution in [0.3, 0.4) is 0 Å². The van der Waals surface area contributed by atoms with Crippen LogP contribution in [0.4, 0.5) is 11.4 Å². The lowest BCUT2D eigenvalue weighted by Gasteiger charge is -2.24. The number of rotatable bonds is 4. The number of nitrogens with one attached hydrogen (secondary N) is 1. The van der Waals surface area contributed by atoms with Gasteiger partial charge in [-0.2, -0.15) is 0 Å². The monoisotopic (exact) mass is 374 g/mol. The summed E-state index contributed by atoms with van der Waals surface area (Å²) in [7, 11) is 3.00. The summed E-state index contributed by atoms with van der Waals surface area (Å²) in [5.41, 5.74) is 2.06. The van der Waals surface area contributed by atoms with Crippen molar-refractivity contribution in [2.24, 2.45) is 0 Å². The molecule has 0 aromatic heterocycles. The molecule has 0 aliphatic carbocycles. The Bertz CT molecular complexity index is 869. The van der Waals surface area contributed by atoms with Gasteiger partial charge >= 0.3 is 0 Å². The molecule has 0 saturated heterocycles. The van der Waals surface area contributed by atoms with E-state index in [4.69, 9.17) is 21.1 Å². The van der Waals surface area contributed by atoms with E-state index in [2.05, 4.69) is 5.32 Å². The van der Waals surface area contributed by atoms with Gasteiger partial charge in [-0.25, -0.2) is 0 Å². The van der Waals surface area contributed by atoms with Crippen LogP contribution in [0.5, 0.6) is 11.5 Å². The maximum atomic E-state index is 12.9. The molecule has 0 spiro atoms. The Hall–Kier alpha value is -2.73. The zero-order valence-corrected chi connectivity index (χ0v) is 15.5. The predicted octanol–water partition coefficient (Wildman–Crippen LogP) is 3.27. The molecule has 1 N–H and O–H groups in total. The molecular weight excluding hydrogens is 356 g/mol. The van der Waals surface area contributed by atoms with Crippen LogP contribution in [0.2, 0.25) is 5.02 Å². The van der Waals surface area contributed by atoms with Crippen LogP contribution in [0.1, 0.15) is 12.5 Å². The molecule has 1 heterocycles. The number of halogens is 1. The molecule has 0 saturated carbocycles. The highest BCUT2D eigenvalue weighted by Crippen LogP contribution is 2.38. The van der Waals surface area contributed by atoms with E-state index in [9.17, 15) is 9.59 Å². The summed E-state index contributed by atoms with van der Waals surface area (Å²) < 4.78 is 10.5. The summed E-state index contributed by atoms with van der Waals surface area (Å²) in [5, 5.41) is 3.09. The van der Waals surface area contributed by atoms with Gasteiger partial charge in [-0.1, -0.05) is 29.8 Å². The summed E-state index contributed by atoms with van der Waals surface area (Å²) in [5.74, 6) is 0.376. The van der Waals surface area contributed by atoms with Crippen molar-refractivity contribution >= 4 is 34.8 Å². The van der Waals surface area contributed by atoms with Crippen molar-refractivity contribution in [3.63, 3.8) is 0 Å². The van der Waals surface area contributed by atoms with Crippen molar-refractivity contribution in [2.75, 3.05) is 24.4 Å². The molecule has 0 radical (unpaired) electrons. The molecule has 3 rings (SSSR count). The fourth-order valence-electron chi connectivity index (χ4n) is 3.15. The number of carbonyl (C=O) groups excluding carboxylic acids is 2. The molecule has 6 nitrogen and oxygen atoms in total. The predicted molar refractivity (Wildman–Crippen MR) is 100 cm³/mol. The first kappa shape index (κ1) is 18.1. The lowest BCUT2D eigenvalue weighted by Crippen LogP contribution is -2.44. The molecule has 0 unspecified atom stereocenters. The number of hydrogen-bond donors (Lipinski definition) is 1. The van der Waals surface area contributed by atoms with Gasteiger partial charge in [-0.15, -0.1) is 0 Å².